The lowest BCUT2D eigenvalue weighted by Crippen LogP contribution is -2.49. The zero-order valence-electron chi connectivity index (χ0n) is 16.3. The molecular formula is C21H25ClN2O3. The monoisotopic (exact) mass is 388 g/mol. The molecule has 0 saturated carbocycles. The van der Waals surface area contributed by atoms with Gasteiger partial charge in [0.2, 0.25) is 5.91 Å². The molecule has 0 spiro atoms. The largest absolute Gasteiger partial charge is 0.478 e. The first-order chi connectivity index (χ1) is 12.6. The molecule has 0 aliphatic carbocycles. The van der Waals surface area contributed by atoms with Gasteiger partial charge < -0.3 is 15.0 Å². The molecule has 0 unspecified atom stereocenters. The number of nitrogens with zero attached hydrogens (tertiary/aromatic N) is 1. The highest BCUT2D eigenvalue weighted by atomic mass is 35.5. The molecule has 2 rings (SSSR count). The fourth-order valence-electron chi connectivity index (χ4n) is 2.65. The Morgan fingerprint density at radius 3 is 2.37 bits per heavy atom. The van der Waals surface area contributed by atoms with Crippen LogP contribution in [-0.2, 0) is 9.59 Å². The summed E-state index contributed by atoms with van der Waals surface area (Å²) in [5.41, 5.74) is 1.65. The Kier molecular flexibility index (Phi) is 6.50. The normalized spacial score (nSPS) is 11.0. The molecule has 1 N–H and O–H groups in total. The highest BCUT2D eigenvalue weighted by molar-refractivity contribution is 6.30. The Bertz CT molecular complexity index is 832. The van der Waals surface area contributed by atoms with Gasteiger partial charge in [-0.05, 0) is 69.2 Å². The van der Waals surface area contributed by atoms with Crippen molar-refractivity contribution < 1.29 is 14.3 Å². The average molecular weight is 389 g/mol. The molecule has 2 amide bonds. The Labute approximate surface area is 165 Å². The van der Waals surface area contributed by atoms with E-state index in [-0.39, 0.29) is 18.4 Å². The molecular weight excluding hydrogens is 364 g/mol. The van der Waals surface area contributed by atoms with Gasteiger partial charge in [0, 0.05) is 17.8 Å². The minimum atomic E-state index is -1.12. The van der Waals surface area contributed by atoms with E-state index in [9.17, 15) is 9.59 Å². The van der Waals surface area contributed by atoms with Gasteiger partial charge in [-0.3, -0.25) is 9.59 Å². The van der Waals surface area contributed by atoms with Crippen LogP contribution in [-0.4, -0.2) is 35.9 Å². The number of hydrogen-bond donors (Lipinski definition) is 1. The van der Waals surface area contributed by atoms with Crippen LogP contribution in [0.1, 0.15) is 25.0 Å². The second-order valence-electron chi connectivity index (χ2n) is 7.09. The fourth-order valence-corrected chi connectivity index (χ4v) is 2.77. The number of ether oxygens (including phenoxy) is 1. The van der Waals surface area contributed by atoms with Crippen LogP contribution in [0.2, 0.25) is 5.02 Å². The van der Waals surface area contributed by atoms with Crippen LogP contribution in [0.5, 0.6) is 5.75 Å². The quantitative estimate of drug-likeness (QED) is 0.806. The lowest BCUT2D eigenvalue weighted by Gasteiger charge is -2.30. The van der Waals surface area contributed by atoms with Gasteiger partial charge in [-0.25, -0.2) is 0 Å². The summed E-state index contributed by atoms with van der Waals surface area (Å²) in [5, 5.41) is 3.45. The van der Waals surface area contributed by atoms with E-state index in [0.717, 1.165) is 16.8 Å². The van der Waals surface area contributed by atoms with Gasteiger partial charge in [0.05, 0.1) is 6.54 Å². The highest BCUT2D eigenvalue weighted by Crippen LogP contribution is 2.22. The first kappa shape index (κ1) is 20.8. The summed E-state index contributed by atoms with van der Waals surface area (Å²) >= 11 is 5.87. The highest BCUT2D eigenvalue weighted by Gasteiger charge is 2.33. The zero-order valence-corrected chi connectivity index (χ0v) is 17.1. The Morgan fingerprint density at radius 1 is 1.11 bits per heavy atom. The van der Waals surface area contributed by atoms with Crippen LogP contribution in [0.4, 0.5) is 5.69 Å². The lowest BCUT2D eigenvalue weighted by molar-refractivity contribution is -0.145. The van der Waals surface area contributed by atoms with Crippen molar-refractivity contribution in [2.45, 2.75) is 33.3 Å². The Morgan fingerprint density at radius 2 is 1.74 bits per heavy atom. The van der Waals surface area contributed by atoms with Gasteiger partial charge in [0.15, 0.2) is 5.60 Å². The molecule has 27 heavy (non-hydrogen) atoms. The molecule has 6 heteroatoms. The maximum Gasteiger partial charge on any atom is 0.266 e. The summed E-state index contributed by atoms with van der Waals surface area (Å²) < 4.78 is 5.79. The summed E-state index contributed by atoms with van der Waals surface area (Å²) in [7, 11) is 1.58. The number of hydrogen-bond acceptors (Lipinski definition) is 3. The summed E-state index contributed by atoms with van der Waals surface area (Å²) in [6.07, 6.45) is 0. The maximum atomic E-state index is 12.7. The minimum absolute atomic E-state index is 0.0698. The fraction of sp³-hybridized carbons (Fsp3) is 0.333. The first-order valence-corrected chi connectivity index (χ1v) is 9.03. The SMILES string of the molecule is Cc1ccc(C)c(NC(=O)CN(C)C(=O)C(C)(C)Oc2ccc(Cl)cc2)c1. The van der Waals surface area contributed by atoms with Gasteiger partial charge in [-0.15, -0.1) is 0 Å². The van der Waals surface area contributed by atoms with Crippen LogP contribution in [0, 0.1) is 13.8 Å². The smallest absolute Gasteiger partial charge is 0.266 e. The molecule has 0 heterocycles. The van der Waals surface area contributed by atoms with Gasteiger partial charge in [-0.1, -0.05) is 23.7 Å². The topological polar surface area (TPSA) is 58.6 Å². The van der Waals surface area contributed by atoms with Crippen molar-refractivity contribution in [3.05, 3.63) is 58.6 Å². The average Bonchev–Trinajstić information content (AvgIpc) is 2.59. The van der Waals surface area contributed by atoms with Crippen LogP contribution in [0.25, 0.3) is 0 Å². The number of likely N-dealkylation sites (N-methyl/N-ethyl adjacent to an activating group) is 1. The third-order valence-corrected chi connectivity index (χ3v) is 4.35. The third kappa shape index (κ3) is 5.73. The van der Waals surface area contributed by atoms with Crippen molar-refractivity contribution >= 4 is 29.1 Å². The Balaban J connectivity index is 1.99. The standard InChI is InChI=1S/C21H25ClN2O3/c1-14-6-7-15(2)18(12-14)23-19(25)13-24(5)20(26)21(3,4)27-17-10-8-16(22)9-11-17/h6-12H,13H2,1-5H3,(H,23,25). The number of nitrogens with one attached hydrogen (secondary N) is 1. The molecule has 0 fully saturated rings. The van der Waals surface area contributed by atoms with Crippen molar-refractivity contribution in [2.75, 3.05) is 18.9 Å². The van der Waals surface area contributed by atoms with E-state index in [2.05, 4.69) is 5.32 Å². The number of carbonyl (C=O) groups is 2. The predicted molar refractivity (Wildman–Crippen MR) is 108 cm³/mol. The van der Waals surface area contributed by atoms with Gasteiger partial charge in [-0.2, -0.15) is 0 Å². The van der Waals surface area contributed by atoms with Crippen LogP contribution >= 0.6 is 11.6 Å². The second-order valence-corrected chi connectivity index (χ2v) is 7.53. The molecule has 0 bridgehead atoms. The number of amides is 2. The number of rotatable bonds is 6. The third-order valence-electron chi connectivity index (χ3n) is 4.10. The zero-order chi connectivity index (χ0) is 20.2. The van der Waals surface area contributed by atoms with Crippen molar-refractivity contribution in [1.29, 1.82) is 0 Å². The number of anilines is 1. The van der Waals surface area contributed by atoms with E-state index in [1.165, 1.54) is 4.90 Å². The van der Waals surface area contributed by atoms with Crippen LogP contribution < -0.4 is 10.1 Å². The molecule has 0 aliphatic rings. The molecule has 2 aromatic carbocycles. The number of benzene rings is 2. The molecule has 144 valence electrons. The van der Waals surface area contributed by atoms with Gasteiger partial charge in [0.25, 0.3) is 5.91 Å². The van der Waals surface area contributed by atoms with Gasteiger partial charge >= 0.3 is 0 Å². The predicted octanol–water partition coefficient (Wildman–Crippen LogP) is 4.21. The second kappa shape index (κ2) is 8.44. The van der Waals surface area contributed by atoms with Crippen molar-refractivity contribution in [3.63, 3.8) is 0 Å². The number of aryl methyl sites for hydroxylation is 2. The van der Waals surface area contributed by atoms with E-state index in [4.69, 9.17) is 16.3 Å². The molecule has 2 aromatic rings. The van der Waals surface area contributed by atoms with Crippen LogP contribution in [0.15, 0.2) is 42.5 Å². The maximum absolute atomic E-state index is 12.7. The van der Waals surface area contributed by atoms with E-state index < -0.39 is 5.60 Å². The molecule has 0 aromatic heterocycles. The lowest BCUT2D eigenvalue weighted by atomic mass is 10.1. The summed E-state index contributed by atoms with van der Waals surface area (Å²) in [5.74, 6) is -0.0265. The number of carbonyl (C=O) groups excluding carboxylic acids is 2. The van der Waals surface area contributed by atoms with Crippen molar-refractivity contribution in [2.24, 2.45) is 0 Å². The van der Waals surface area contributed by atoms with E-state index in [0.29, 0.717) is 10.8 Å². The van der Waals surface area contributed by atoms with E-state index >= 15 is 0 Å². The number of halogens is 1. The first-order valence-electron chi connectivity index (χ1n) is 8.66. The van der Waals surface area contributed by atoms with Gasteiger partial charge in [0.1, 0.15) is 5.75 Å². The molecule has 0 radical (unpaired) electrons. The summed E-state index contributed by atoms with van der Waals surface area (Å²) in [6, 6.07) is 12.6. The van der Waals surface area contributed by atoms with Crippen molar-refractivity contribution in [3.8, 4) is 5.75 Å². The summed E-state index contributed by atoms with van der Waals surface area (Å²) in [4.78, 5) is 26.5. The molecule has 0 atom stereocenters. The molecule has 5 nitrogen and oxygen atoms in total. The van der Waals surface area contributed by atoms with E-state index in [1.54, 1.807) is 45.2 Å². The minimum Gasteiger partial charge on any atom is -0.478 e. The van der Waals surface area contributed by atoms with Crippen LogP contribution in [0.3, 0.4) is 0 Å². The van der Waals surface area contributed by atoms with Crippen molar-refractivity contribution in [1.82, 2.24) is 4.90 Å². The van der Waals surface area contributed by atoms with E-state index in [1.807, 2.05) is 32.0 Å². The molecule has 0 aliphatic heterocycles. The molecule has 0 saturated heterocycles. The summed E-state index contributed by atoms with van der Waals surface area (Å²) in [6.45, 7) is 7.15. The Hall–Kier alpha value is -2.53.